The van der Waals surface area contributed by atoms with Gasteiger partial charge < -0.3 is 14.5 Å². The molecule has 2 atom stereocenters. The Morgan fingerprint density at radius 3 is 2.69 bits per heavy atom. The maximum atomic E-state index is 5.12. The van der Waals surface area contributed by atoms with Gasteiger partial charge in [-0.2, -0.15) is 0 Å². The molecule has 3 heterocycles. The van der Waals surface area contributed by atoms with Gasteiger partial charge in [-0.15, -0.1) is 5.10 Å². The van der Waals surface area contributed by atoms with E-state index in [4.69, 9.17) is 4.74 Å². The number of hydrogen-bond donors (Lipinski definition) is 0. The zero-order valence-corrected chi connectivity index (χ0v) is 16.1. The average molecular weight is 359 g/mol. The smallest absolute Gasteiger partial charge is 0.128 e. The minimum absolute atomic E-state index is 0.319. The Labute approximate surface area is 155 Å². The third-order valence-corrected chi connectivity index (χ3v) is 5.02. The van der Waals surface area contributed by atoms with Crippen molar-refractivity contribution in [3.8, 4) is 0 Å². The van der Waals surface area contributed by atoms with Gasteiger partial charge in [-0.1, -0.05) is 11.3 Å². The van der Waals surface area contributed by atoms with Crippen LogP contribution in [0.4, 0.5) is 5.82 Å². The van der Waals surface area contributed by atoms with Crippen LogP contribution < -0.4 is 4.90 Å². The van der Waals surface area contributed by atoms with E-state index >= 15 is 0 Å². The Balaban J connectivity index is 1.62. The normalized spacial score (nSPS) is 20.8. The molecule has 1 aliphatic rings. The molecule has 0 saturated carbocycles. The first kappa shape index (κ1) is 18.8. The van der Waals surface area contributed by atoms with Crippen molar-refractivity contribution in [3.63, 3.8) is 0 Å². The van der Waals surface area contributed by atoms with E-state index in [1.165, 1.54) is 5.56 Å². The lowest BCUT2D eigenvalue weighted by Gasteiger charge is -2.24. The number of nitrogens with zero attached hydrogens (tertiary/aromatic N) is 7. The topological polar surface area (TPSA) is 62.6 Å². The summed E-state index contributed by atoms with van der Waals surface area (Å²) in [6, 6.07) is 4.99. The monoisotopic (exact) mass is 359 g/mol. The van der Waals surface area contributed by atoms with Crippen molar-refractivity contribution in [3.05, 3.63) is 36.3 Å². The van der Waals surface area contributed by atoms with E-state index in [1.807, 2.05) is 24.1 Å². The van der Waals surface area contributed by atoms with Crippen molar-refractivity contribution in [2.75, 3.05) is 59.4 Å². The number of aromatic nitrogens is 4. The number of ether oxygens (including phenoxy) is 1. The molecule has 0 spiro atoms. The second-order valence-corrected chi connectivity index (χ2v) is 7.11. The van der Waals surface area contributed by atoms with Crippen LogP contribution in [0.25, 0.3) is 0 Å². The molecule has 0 bridgehead atoms. The minimum Gasteiger partial charge on any atom is -0.383 e. The van der Waals surface area contributed by atoms with E-state index in [-0.39, 0.29) is 0 Å². The highest BCUT2D eigenvalue weighted by Crippen LogP contribution is 2.26. The standard InChI is InChI=1S/C18H29N7O/c1-22(2)16-13-24(14-17(16)25-8-7-20-21-25)12-15-5-6-18(19-11-15)23(3)9-10-26-4/h5-8,11,16-17H,9-10,12-14H2,1-4H3/t16-,17+/m1/s1. The highest BCUT2D eigenvalue weighted by atomic mass is 16.5. The van der Waals surface area contributed by atoms with Crippen LogP contribution in [0.5, 0.6) is 0 Å². The molecule has 1 aliphatic heterocycles. The van der Waals surface area contributed by atoms with Crippen LogP contribution in [0.3, 0.4) is 0 Å². The summed E-state index contributed by atoms with van der Waals surface area (Å²) in [7, 11) is 8.01. The van der Waals surface area contributed by atoms with Crippen LogP contribution in [0, 0.1) is 0 Å². The first-order valence-electron chi connectivity index (χ1n) is 8.98. The summed E-state index contributed by atoms with van der Waals surface area (Å²) in [4.78, 5) is 11.4. The summed E-state index contributed by atoms with van der Waals surface area (Å²) >= 11 is 0. The van der Waals surface area contributed by atoms with E-state index in [0.717, 1.165) is 32.0 Å². The summed E-state index contributed by atoms with van der Waals surface area (Å²) in [5.41, 5.74) is 1.23. The summed E-state index contributed by atoms with van der Waals surface area (Å²) in [6.45, 7) is 4.39. The van der Waals surface area contributed by atoms with Crippen LogP contribution >= 0.6 is 0 Å². The first-order chi connectivity index (χ1) is 12.6. The quantitative estimate of drug-likeness (QED) is 0.689. The molecular weight excluding hydrogens is 330 g/mol. The average Bonchev–Trinajstić information content (AvgIpc) is 3.29. The molecular formula is C18H29N7O. The Morgan fingerprint density at radius 1 is 1.23 bits per heavy atom. The number of methoxy groups -OCH3 is 1. The molecule has 26 heavy (non-hydrogen) atoms. The molecule has 1 fully saturated rings. The summed E-state index contributed by atoms with van der Waals surface area (Å²) in [5.74, 6) is 0.971. The Hall–Kier alpha value is -2.03. The zero-order chi connectivity index (χ0) is 18.5. The number of hydrogen-bond acceptors (Lipinski definition) is 7. The van der Waals surface area contributed by atoms with Gasteiger partial charge >= 0.3 is 0 Å². The minimum atomic E-state index is 0.319. The van der Waals surface area contributed by atoms with E-state index in [0.29, 0.717) is 18.7 Å². The van der Waals surface area contributed by atoms with E-state index < -0.39 is 0 Å². The van der Waals surface area contributed by atoms with Gasteiger partial charge in [0.2, 0.25) is 0 Å². The molecule has 0 aliphatic carbocycles. The Morgan fingerprint density at radius 2 is 2.08 bits per heavy atom. The van der Waals surface area contributed by atoms with E-state index in [2.05, 4.69) is 56.2 Å². The van der Waals surface area contributed by atoms with Crippen LogP contribution in [0.2, 0.25) is 0 Å². The van der Waals surface area contributed by atoms with Crippen molar-refractivity contribution < 1.29 is 4.74 Å². The molecule has 8 nitrogen and oxygen atoms in total. The Kier molecular flexibility index (Phi) is 6.18. The van der Waals surface area contributed by atoms with Crippen LogP contribution in [-0.2, 0) is 11.3 Å². The molecule has 3 rings (SSSR count). The molecule has 142 valence electrons. The van der Waals surface area contributed by atoms with Gasteiger partial charge in [0.15, 0.2) is 0 Å². The highest BCUT2D eigenvalue weighted by molar-refractivity contribution is 5.38. The van der Waals surface area contributed by atoms with Crippen molar-refractivity contribution >= 4 is 5.82 Å². The fourth-order valence-corrected chi connectivity index (χ4v) is 3.47. The Bertz CT molecular complexity index is 659. The summed E-state index contributed by atoms with van der Waals surface area (Å²) in [5, 5.41) is 8.18. The van der Waals surface area contributed by atoms with Crippen molar-refractivity contribution in [2.45, 2.75) is 18.6 Å². The van der Waals surface area contributed by atoms with Crippen LogP contribution in [0.15, 0.2) is 30.7 Å². The number of pyridine rings is 1. The van der Waals surface area contributed by atoms with Crippen molar-refractivity contribution in [1.29, 1.82) is 0 Å². The number of rotatable bonds is 8. The largest absolute Gasteiger partial charge is 0.383 e. The molecule has 0 unspecified atom stereocenters. The lowest BCUT2D eigenvalue weighted by molar-refractivity contribution is 0.206. The second kappa shape index (κ2) is 8.57. The first-order valence-corrected chi connectivity index (χ1v) is 8.98. The predicted molar refractivity (Wildman–Crippen MR) is 101 cm³/mol. The fourth-order valence-electron chi connectivity index (χ4n) is 3.47. The number of likely N-dealkylation sites (tertiary alicyclic amines) is 1. The van der Waals surface area contributed by atoms with Crippen LogP contribution in [-0.4, -0.2) is 90.3 Å². The molecule has 2 aromatic heterocycles. The predicted octanol–water partition coefficient (Wildman–Crippen LogP) is 0.743. The lowest BCUT2D eigenvalue weighted by Crippen LogP contribution is -2.36. The molecule has 0 radical (unpaired) electrons. The van der Waals surface area contributed by atoms with Crippen LogP contribution in [0.1, 0.15) is 11.6 Å². The summed E-state index contributed by atoms with van der Waals surface area (Å²) < 4.78 is 7.11. The maximum absolute atomic E-state index is 5.12. The second-order valence-electron chi connectivity index (χ2n) is 7.11. The van der Waals surface area contributed by atoms with Gasteiger partial charge in [0, 0.05) is 58.8 Å². The van der Waals surface area contributed by atoms with Gasteiger partial charge in [0.05, 0.1) is 18.8 Å². The van der Waals surface area contributed by atoms with E-state index in [9.17, 15) is 0 Å². The van der Waals surface area contributed by atoms with Crippen molar-refractivity contribution in [2.24, 2.45) is 0 Å². The van der Waals surface area contributed by atoms with E-state index in [1.54, 1.807) is 13.3 Å². The molecule has 0 N–H and O–H groups in total. The molecule has 0 amide bonds. The molecule has 2 aromatic rings. The number of anilines is 1. The fraction of sp³-hybridized carbons (Fsp3) is 0.611. The highest BCUT2D eigenvalue weighted by Gasteiger charge is 2.35. The van der Waals surface area contributed by atoms with Gasteiger partial charge in [-0.25, -0.2) is 9.67 Å². The summed E-state index contributed by atoms with van der Waals surface area (Å²) in [6.07, 6.45) is 5.68. The van der Waals surface area contributed by atoms with Gasteiger partial charge in [-0.05, 0) is 25.7 Å². The van der Waals surface area contributed by atoms with Crippen molar-refractivity contribution in [1.82, 2.24) is 29.8 Å². The zero-order valence-electron chi connectivity index (χ0n) is 16.1. The molecule has 1 saturated heterocycles. The van der Waals surface area contributed by atoms with Gasteiger partial charge in [0.1, 0.15) is 5.82 Å². The lowest BCUT2D eigenvalue weighted by atomic mass is 10.1. The SMILES string of the molecule is COCCN(C)c1ccc(CN2C[C@@H](N(C)C)[C@@H](n3ccnn3)C2)cn1. The third-order valence-electron chi connectivity index (χ3n) is 5.02. The van der Waals surface area contributed by atoms with Gasteiger partial charge in [-0.3, -0.25) is 4.90 Å². The molecule has 8 heteroatoms. The number of likely N-dealkylation sites (N-methyl/N-ethyl adjacent to an activating group) is 2. The maximum Gasteiger partial charge on any atom is 0.128 e. The molecule has 0 aromatic carbocycles. The third kappa shape index (κ3) is 4.38. The van der Waals surface area contributed by atoms with Gasteiger partial charge in [0.25, 0.3) is 0 Å².